The van der Waals surface area contributed by atoms with E-state index in [9.17, 15) is 28.0 Å². The van der Waals surface area contributed by atoms with Crippen molar-refractivity contribution in [3.8, 4) is 55.1 Å². The molecular weight excluding hydrogens is 1870 g/mol. The zero-order chi connectivity index (χ0) is 104. The highest BCUT2D eigenvalue weighted by molar-refractivity contribution is 6.30. The molecule has 25 nitrogen and oxygen atoms in total. The van der Waals surface area contributed by atoms with E-state index >= 15 is 0 Å². The summed E-state index contributed by atoms with van der Waals surface area (Å²) in [5.41, 5.74) is 23.3. The summed E-state index contributed by atoms with van der Waals surface area (Å²) in [6.45, 7) is 29.9. The number of ether oxygens (including phenoxy) is 1. The van der Waals surface area contributed by atoms with E-state index in [0.717, 1.165) is 166 Å². The van der Waals surface area contributed by atoms with Crippen LogP contribution >= 0.6 is 11.6 Å². The molecule has 0 saturated carbocycles. The van der Waals surface area contributed by atoms with Crippen LogP contribution in [0.2, 0.25) is 5.02 Å². The average Bonchev–Trinajstić information content (AvgIpc) is 1.54. The summed E-state index contributed by atoms with van der Waals surface area (Å²) in [7, 11) is 1.64. The van der Waals surface area contributed by atoms with Crippen molar-refractivity contribution in [3.05, 3.63) is 348 Å². The molecule has 148 heavy (non-hydrogen) atoms. The lowest BCUT2D eigenvalue weighted by atomic mass is 9.98. The van der Waals surface area contributed by atoms with Crippen molar-refractivity contribution in [1.29, 1.82) is 0 Å². The Morgan fingerprint density at radius 1 is 0.372 bits per heavy atom. The third kappa shape index (κ3) is 23.4. The number of nitrogens with zero attached hydrogens (tertiary/aromatic N) is 16. The maximum atomic E-state index is 13.6. The van der Waals surface area contributed by atoms with Gasteiger partial charge in [0.05, 0.1) is 70.7 Å². The van der Waals surface area contributed by atoms with Crippen LogP contribution in [0.1, 0.15) is 212 Å². The zero-order valence-electron chi connectivity index (χ0n) is 85.4. The van der Waals surface area contributed by atoms with Crippen LogP contribution < -0.4 is 45.6 Å². The van der Waals surface area contributed by atoms with E-state index in [0.29, 0.717) is 83.6 Å². The molecule has 4 aliphatic heterocycles. The molecule has 0 spiro atoms. The number of fused-ring (bicyclic) bond motifs is 4. The number of piperazine rings is 4. The van der Waals surface area contributed by atoms with E-state index in [4.69, 9.17) is 42.0 Å². The van der Waals surface area contributed by atoms with Crippen LogP contribution in [0.15, 0.2) is 219 Å². The van der Waals surface area contributed by atoms with E-state index in [1.807, 2.05) is 182 Å². The lowest BCUT2D eigenvalue weighted by Crippen LogP contribution is -2.63. The Morgan fingerprint density at radius 3 is 1.01 bits per heavy atom. The minimum Gasteiger partial charge on any atom is -0.497 e. The predicted octanol–water partition coefficient (Wildman–Crippen LogP) is 20.3. The number of carbonyl (C=O) groups is 4. The number of terminal acetylenes is 4. The van der Waals surface area contributed by atoms with Gasteiger partial charge in [-0.05, 0) is 264 Å². The average molecular weight is 2000 g/mol. The molecule has 4 N–H and O–H groups in total. The van der Waals surface area contributed by atoms with Crippen molar-refractivity contribution < 1.29 is 32.7 Å². The monoisotopic (exact) mass is 1990 g/mol. The molecule has 4 saturated heterocycles. The van der Waals surface area contributed by atoms with E-state index in [1.54, 1.807) is 50.6 Å². The number of halogens is 3. The summed E-state index contributed by atoms with van der Waals surface area (Å²) in [5.74, 6) is 14.5. The molecule has 0 radical (unpaired) electrons. The van der Waals surface area contributed by atoms with Crippen LogP contribution in [0.3, 0.4) is 0 Å². The van der Waals surface area contributed by atoms with Crippen molar-refractivity contribution in [3.63, 3.8) is 0 Å². The summed E-state index contributed by atoms with van der Waals surface area (Å²) in [4.78, 5) is 106. The Balaban J connectivity index is 0.000000135. The van der Waals surface area contributed by atoms with E-state index in [1.165, 1.54) is 46.6 Å². The summed E-state index contributed by atoms with van der Waals surface area (Å²) >= 11 is 6.14. The van der Waals surface area contributed by atoms with Gasteiger partial charge in [-0.2, -0.15) is 0 Å². The van der Waals surface area contributed by atoms with Crippen LogP contribution in [-0.2, 0) is 25.7 Å². The van der Waals surface area contributed by atoms with Gasteiger partial charge in [0.2, 0.25) is 0 Å². The van der Waals surface area contributed by atoms with Gasteiger partial charge in [0.15, 0.2) is 0 Å². The lowest BCUT2D eigenvalue weighted by Gasteiger charge is -2.47. The Morgan fingerprint density at radius 2 is 0.682 bits per heavy atom. The third-order valence-corrected chi connectivity index (χ3v) is 29.0. The predicted molar refractivity (Wildman–Crippen MR) is 584 cm³/mol. The first-order chi connectivity index (χ1) is 71.2. The number of urea groups is 4. The van der Waals surface area contributed by atoms with Gasteiger partial charge in [0.1, 0.15) is 66.0 Å². The molecule has 752 valence electrons. The van der Waals surface area contributed by atoms with Gasteiger partial charge in [-0.3, -0.25) is 0 Å². The topological polar surface area (TPSA) is 255 Å². The summed E-state index contributed by atoms with van der Waals surface area (Å²) in [6, 6.07) is 58.8. The SMILES string of the molecule is C#Cc1ccc(C2=Cc3c(ncnc3N3CCN(C(=O)N[C@@H](C)c4ccc(F)cc4)[C@H](C)C3)C2)cc1.C#Cc1ccc(C2=Cc3c(ncnc3N3CCN(C(=O)N[C@@H](C)c4cccc(Cl)c4)C(C)(C)C3)C2)cc1.C#Cc1ccc(C2=Cc3c(ncnc3N3CCN(C(=O)N[C@@H](C)c4cccc(F)c4)C(C)(C)C3)C2)cc1.C#Cc1ccc(C2=Cc3c(ncnc3N3CCN(C(=O)N[C@@H](C)c4cccc(OC)c4)C(C)(C)C3)C2)cc1. The molecule has 8 aliphatic rings. The van der Waals surface area contributed by atoms with Crippen molar-refractivity contribution in [1.82, 2.24) is 80.7 Å². The van der Waals surface area contributed by atoms with Crippen LogP contribution in [0.25, 0.3) is 46.6 Å². The Bertz CT molecular complexity index is 7090. The first-order valence-electron chi connectivity index (χ1n) is 49.9. The number of nitrogens with one attached hydrogen (secondary N) is 4. The normalized spacial score (nSPS) is 17.1. The van der Waals surface area contributed by atoms with Crippen LogP contribution in [-0.4, -0.2) is 192 Å². The van der Waals surface area contributed by atoms with Gasteiger partial charge in [-0.25, -0.2) is 67.8 Å². The van der Waals surface area contributed by atoms with E-state index < -0.39 is 16.6 Å². The minimum atomic E-state index is -0.446. The molecule has 0 unspecified atom stereocenters. The number of carbonyl (C=O) groups excluding carboxylic acids is 4. The van der Waals surface area contributed by atoms with Crippen LogP contribution in [0, 0.1) is 61.0 Å². The Kier molecular flexibility index (Phi) is 31.0. The number of allylic oxidation sites excluding steroid dienone is 4. The van der Waals surface area contributed by atoms with Crippen molar-refractivity contribution in [2.45, 2.75) is 149 Å². The van der Waals surface area contributed by atoms with Crippen LogP contribution in [0.5, 0.6) is 5.75 Å². The number of methoxy groups -OCH3 is 1. The van der Waals surface area contributed by atoms with Crippen molar-refractivity contribution >= 4 is 106 Å². The highest BCUT2D eigenvalue weighted by atomic mass is 35.5. The Labute approximate surface area is 870 Å². The second-order valence-corrected chi connectivity index (χ2v) is 40.7. The Hall–Kier alpha value is -16.5. The standard InChI is InChI=1S/C31H33N5O2.C30H30ClN5O.C30H30FN5O.C29H28FN5O/c1-6-22-10-12-23(13-11-22)25-17-27-28(18-25)32-20-33-29(27)35-14-15-36(31(3,4)19-35)30(37)34-21(2)24-8-7-9-26(16-24)38-5;2*1-5-21-9-11-22(12-10-21)24-16-26-27(17-24)32-19-33-28(26)35-13-14-36(30(3,4)18-35)29(37)34-20(2)23-7-6-8-25(31)15-23;1-4-21-5-7-23(8-6-21)24-15-26-27(16-24)31-18-32-28(26)34-13-14-35(19(2)17-34)29(36)33-20(3)22-9-11-25(30)12-10-22/h1,7-13,16-17,20-21H,14-15,18-19H2,2-5H3,(H,34,37);2*1,6-12,15-16,19-20H,13-14,17-18H2,2-4H3,(H,34,37);1,5-12,15,18-20H,13-14,16-17H2,2-3H3,(H,33,36)/t21-;2*20-;19-,20+/m0001/s1. The van der Waals surface area contributed by atoms with Gasteiger partial charge in [0.25, 0.3) is 0 Å². The van der Waals surface area contributed by atoms with Crippen molar-refractivity contribution in [2.75, 3.05) is 105 Å². The second-order valence-electron chi connectivity index (χ2n) is 40.3. The van der Waals surface area contributed by atoms with Gasteiger partial charge < -0.3 is 65.2 Å². The fraction of sp³-hybridized carbons (Fsp3) is 0.300. The van der Waals surface area contributed by atoms with Crippen molar-refractivity contribution in [2.24, 2.45) is 0 Å². The quantitative estimate of drug-likeness (QED) is 0.0618. The lowest BCUT2D eigenvalue weighted by molar-refractivity contribution is 0.120. The summed E-state index contributed by atoms with van der Waals surface area (Å²) in [5, 5.41) is 13.0. The molecule has 28 heteroatoms. The number of benzene rings is 8. The first-order valence-corrected chi connectivity index (χ1v) is 50.3. The molecule has 12 aromatic rings. The molecule has 8 aromatic carbocycles. The first kappa shape index (κ1) is 103. The fourth-order valence-corrected chi connectivity index (χ4v) is 20.7. The van der Waals surface area contributed by atoms with Gasteiger partial charge >= 0.3 is 24.1 Å². The molecule has 8 heterocycles. The number of hydrogen-bond acceptors (Lipinski definition) is 17. The molecular formula is C120H121ClF2N20O5. The number of anilines is 4. The van der Waals surface area contributed by atoms with Crippen LogP contribution in [0.4, 0.5) is 51.2 Å². The van der Waals surface area contributed by atoms with E-state index in [-0.39, 0.29) is 66.0 Å². The summed E-state index contributed by atoms with van der Waals surface area (Å²) in [6.07, 6.45) is 40.3. The summed E-state index contributed by atoms with van der Waals surface area (Å²) < 4.78 is 32.2. The molecule has 4 aliphatic carbocycles. The van der Waals surface area contributed by atoms with Gasteiger partial charge in [0, 0.05) is 160 Å². The maximum absolute atomic E-state index is 13.6. The number of aromatic nitrogens is 8. The largest absolute Gasteiger partial charge is 0.497 e. The number of amides is 8. The molecule has 20 rings (SSSR count). The highest BCUT2D eigenvalue weighted by Gasteiger charge is 2.44. The molecule has 0 bridgehead atoms. The fourth-order valence-electron chi connectivity index (χ4n) is 20.5. The highest BCUT2D eigenvalue weighted by Crippen LogP contribution is 2.43. The third-order valence-electron chi connectivity index (χ3n) is 28.7. The van der Waals surface area contributed by atoms with E-state index in [2.05, 4.69) is 195 Å². The van der Waals surface area contributed by atoms with Gasteiger partial charge in [-0.1, -0.05) is 132 Å². The molecule has 4 fully saturated rings. The number of hydrogen-bond donors (Lipinski definition) is 4. The number of rotatable bonds is 17. The zero-order valence-corrected chi connectivity index (χ0v) is 86.2. The molecule has 4 aromatic heterocycles. The van der Waals surface area contributed by atoms with Gasteiger partial charge in [-0.15, -0.1) is 25.7 Å². The maximum Gasteiger partial charge on any atom is 0.318 e. The smallest absolute Gasteiger partial charge is 0.318 e. The minimum absolute atomic E-state index is 0.00839. The second kappa shape index (κ2) is 44.6. The molecule has 8 amide bonds. The molecule has 5 atom stereocenters.